The van der Waals surface area contributed by atoms with Crippen LogP contribution in [0, 0.1) is 0 Å². The fourth-order valence-electron chi connectivity index (χ4n) is 2.89. The second-order valence-electron chi connectivity index (χ2n) is 6.45. The number of benzene rings is 2. The summed E-state index contributed by atoms with van der Waals surface area (Å²) in [4.78, 5) is 24.4. The Morgan fingerprint density at radius 2 is 1.83 bits per heavy atom. The van der Waals surface area contributed by atoms with E-state index in [4.69, 9.17) is 9.47 Å². The van der Waals surface area contributed by atoms with Gasteiger partial charge in [-0.25, -0.2) is 5.43 Å². The SMILES string of the molecule is COc1ccc(C(=O)NCCC(=O)NN=C(C)c2csc3ccccc23)cc1OC. The fourth-order valence-corrected chi connectivity index (χ4v) is 3.89. The van der Waals surface area contributed by atoms with Gasteiger partial charge < -0.3 is 14.8 Å². The average Bonchev–Trinajstić information content (AvgIpc) is 3.21. The first-order valence-corrected chi connectivity index (χ1v) is 10.2. The molecule has 3 aromatic rings. The van der Waals surface area contributed by atoms with E-state index in [-0.39, 0.29) is 24.8 Å². The number of methoxy groups -OCH3 is 2. The van der Waals surface area contributed by atoms with Crippen molar-refractivity contribution in [3.63, 3.8) is 0 Å². The van der Waals surface area contributed by atoms with Gasteiger partial charge in [-0.1, -0.05) is 18.2 Å². The highest BCUT2D eigenvalue weighted by molar-refractivity contribution is 7.17. The number of carbonyl (C=O) groups excluding carboxylic acids is 2. The van der Waals surface area contributed by atoms with Crippen LogP contribution in [0.25, 0.3) is 10.1 Å². The molecule has 0 bridgehead atoms. The van der Waals surface area contributed by atoms with E-state index in [1.807, 2.05) is 30.5 Å². The summed E-state index contributed by atoms with van der Waals surface area (Å²) >= 11 is 1.64. The number of hydrogen-bond acceptors (Lipinski definition) is 6. The first-order chi connectivity index (χ1) is 14.5. The second kappa shape index (κ2) is 9.89. The Morgan fingerprint density at radius 3 is 2.60 bits per heavy atom. The Hall–Kier alpha value is -3.39. The molecule has 156 valence electrons. The predicted molar refractivity (Wildman–Crippen MR) is 119 cm³/mol. The Bertz CT molecular complexity index is 1090. The van der Waals surface area contributed by atoms with Crippen molar-refractivity contribution in [2.24, 2.45) is 5.10 Å². The highest BCUT2D eigenvalue weighted by atomic mass is 32.1. The van der Waals surface area contributed by atoms with Crippen molar-refractivity contribution in [2.75, 3.05) is 20.8 Å². The third-order valence-electron chi connectivity index (χ3n) is 4.50. The Balaban J connectivity index is 1.51. The number of nitrogens with one attached hydrogen (secondary N) is 2. The number of thiophene rings is 1. The van der Waals surface area contributed by atoms with Crippen LogP contribution in [-0.2, 0) is 4.79 Å². The molecule has 7 nitrogen and oxygen atoms in total. The van der Waals surface area contributed by atoms with Gasteiger partial charge in [0, 0.05) is 39.6 Å². The van der Waals surface area contributed by atoms with Gasteiger partial charge in [-0.2, -0.15) is 5.10 Å². The van der Waals surface area contributed by atoms with Gasteiger partial charge in [-0.3, -0.25) is 9.59 Å². The number of hydrogen-bond donors (Lipinski definition) is 2. The van der Waals surface area contributed by atoms with E-state index in [1.54, 1.807) is 29.5 Å². The molecule has 30 heavy (non-hydrogen) atoms. The van der Waals surface area contributed by atoms with Gasteiger partial charge in [0.2, 0.25) is 5.91 Å². The van der Waals surface area contributed by atoms with Crippen LogP contribution in [0.2, 0.25) is 0 Å². The summed E-state index contributed by atoms with van der Waals surface area (Å²) in [7, 11) is 3.03. The number of hydrazone groups is 1. The standard InChI is InChI=1S/C22H23N3O4S/c1-14(17-13-30-20-7-5-4-6-16(17)20)24-25-21(26)10-11-23-22(27)15-8-9-18(28-2)19(12-15)29-3/h4-9,12-13H,10-11H2,1-3H3,(H,23,27)(H,25,26). The molecule has 0 atom stereocenters. The summed E-state index contributed by atoms with van der Waals surface area (Å²) < 4.78 is 11.5. The van der Waals surface area contributed by atoms with Crippen LogP contribution < -0.4 is 20.2 Å². The van der Waals surface area contributed by atoms with Crippen molar-refractivity contribution in [3.8, 4) is 11.5 Å². The van der Waals surface area contributed by atoms with Crippen molar-refractivity contribution in [1.82, 2.24) is 10.7 Å². The number of ether oxygens (including phenoxy) is 2. The smallest absolute Gasteiger partial charge is 0.251 e. The van der Waals surface area contributed by atoms with Crippen LogP contribution >= 0.6 is 11.3 Å². The molecule has 2 amide bonds. The van der Waals surface area contributed by atoms with E-state index in [0.717, 1.165) is 16.7 Å². The lowest BCUT2D eigenvalue weighted by Gasteiger charge is -2.10. The minimum atomic E-state index is -0.298. The molecule has 0 aliphatic rings. The van der Waals surface area contributed by atoms with E-state index in [1.165, 1.54) is 18.9 Å². The third kappa shape index (κ3) is 4.96. The van der Waals surface area contributed by atoms with Gasteiger partial charge in [-0.05, 0) is 31.2 Å². The molecule has 0 fully saturated rings. The molecular weight excluding hydrogens is 402 g/mol. The molecule has 0 unspecified atom stereocenters. The van der Waals surface area contributed by atoms with Crippen molar-refractivity contribution >= 4 is 38.9 Å². The number of amides is 2. The molecule has 8 heteroatoms. The lowest BCUT2D eigenvalue weighted by atomic mass is 10.1. The lowest BCUT2D eigenvalue weighted by molar-refractivity contribution is -0.120. The Kier molecular flexibility index (Phi) is 7.03. The van der Waals surface area contributed by atoms with Gasteiger partial charge in [-0.15, -0.1) is 11.3 Å². The van der Waals surface area contributed by atoms with Crippen LogP contribution in [0.15, 0.2) is 52.9 Å². The Morgan fingerprint density at radius 1 is 1.07 bits per heavy atom. The summed E-state index contributed by atoms with van der Waals surface area (Å²) in [5, 5.41) is 10.0. The number of fused-ring (bicyclic) bond motifs is 1. The number of nitrogens with zero attached hydrogens (tertiary/aromatic N) is 1. The maximum atomic E-state index is 12.3. The zero-order valence-corrected chi connectivity index (χ0v) is 17.8. The first-order valence-electron chi connectivity index (χ1n) is 9.33. The normalized spacial score (nSPS) is 11.2. The van der Waals surface area contributed by atoms with Crippen LogP contribution in [0.3, 0.4) is 0 Å². The van der Waals surface area contributed by atoms with Crippen molar-refractivity contribution in [3.05, 3.63) is 59.0 Å². The van der Waals surface area contributed by atoms with E-state index in [9.17, 15) is 9.59 Å². The monoisotopic (exact) mass is 425 g/mol. The summed E-state index contributed by atoms with van der Waals surface area (Å²) in [5.41, 5.74) is 4.70. The van der Waals surface area contributed by atoms with Gasteiger partial charge >= 0.3 is 0 Å². The summed E-state index contributed by atoms with van der Waals surface area (Å²) in [5.74, 6) is 0.434. The van der Waals surface area contributed by atoms with Crippen LogP contribution in [-0.4, -0.2) is 38.3 Å². The quantitative estimate of drug-likeness (QED) is 0.426. The average molecular weight is 426 g/mol. The molecule has 3 rings (SSSR count). The van der Waals surface area contributed by atoms with E-state index >= 15 is 0 Å². The topological polar surface area (TPSA) is 89.0 Å². The molecule has 0 radical (unpaired) electrons. The zero-order chi connectivity index (χ0) is 21.5. The molecule has 1 heterocycles. The second-order valence-corrected chi connectivity index (χ2v) is 7.36. The molecule has 0 aliphatic heterocycles. The highest BCUT2D eigenvalue weighted by Crippen LogP contribution is 2.27. The predicted octanol–water partition coefficient (Wildman–Crippen LogP) is 3.58. The molecular formula is C22H23N3O4S. The molecule has 1 aromatic heterocycles. The van der Waals surface area contributed by atoms with Crippen LogP contribution in [0.4, 0.5) is 0 Å². The maximum absolute atomic E-state index is 12.3. The fraction of sp³-hybridized carbons (Fsp3) is 0.227. The lowest BCUT2D eigenvalue weighted by Crippen LogP contribution is -2.29. The van der Waals surface area contributed by atoms with Gasteiger partial charge in [0.05, 0.1) is 19.9 Å². The first kappa shape index (κ1) is 21.3. The highest BCUT2D eigenvalue weighted by Gasteiger charge is 2.11. The molecule has 0 saturated carbocycles. The van der Waals surface area contributed by atoms with E-state index in [0.29, 0.717) is 17.1 Å². The summed E-state index contributed by atoms with van der Waals surface area (Å²) in [6.07, 6.45) is 0.111. The summed E-state index contributed by atoms with van der Waals surface area (Å²) in [6.45, 7) is 2.04. The van der Waals surface area contributed by atoms with E-state index in [2.05, 4.69) is 21.9 Å². The molecule has 0 saturated heterocycles. The molecule has 2 N–H and O–H groups in total. The van der Waals surface area contributed by atoms with Gasteiger partial charge in [0.15, 0.2) is 11.5 Å². The van der Waals surface area contributed by atoms with Crippen LogP contribution in [0.1, 0.15) is 29.3 Å². The largest absolute Gasteiger partial charge is 0.493 e. The maximum Gasteiger partial charge on any atom is 0.251 e. The minimum Gasteiger partial charge on any atom is -0.493 e. The molecule has 0 spiro atoms. The summed E-state index contributed by atoms with van der Waals surface area (Å²) in [6, 6.07) is 12.9. The van der Waals surface area contributed by atoms with Gasteiger partial charge in [0.25, 0.3) is 5.91 Å². The van der Waals surface area contributed by atoms with Crippen molar-refractivity contribution in [1.29, 1.82) is 0 Å². The van der Waals surface area contributed by atoms with Crippen molar-refractivity contribution < 1.29 is 19.1 Å². The van der Waals surface area contributed by atoms with Gasteiger partial charge in [0.1, 0.15) is 0 Å². The minimum absolute atomic E-state index is 0.111. The Labute approximate surface area is 178 Å². The molecule has 2 aromatic carbocycles. The molecule has 0 aliphatic carbocycles. The van der Waals surface area contributed by atoms with E-state index < -0.39 is 0 Å². The third-order valence-corrected chi connectivity index (χ3v) is 5.47. The van der Waals surface area contributed by atoms with Crippen LogP contribution in [0.5, 0.6) is 11.5 Å². The number of carbonyl (C=O) groups is 2. The van der Waals surface area contributed by atoms with Crippen molar-refractivity contribution in [2.45, 2.75) is 13.3 Å². The zero-order valence-electron chi connectivity index (χ0n) is 17.0. The number of rotatable bonds is 8.